The van der Waals surface area contributed by atoms with Crippen molar-refractivity contribution in [2.75, 3.05) is 13.1 Å². The Morgan fingerprint density at radius 3 is 2.41 bits per heavy atom. The SMILES string of the molecule is O=S(=O)(c1ccc(I)cc1)N1CCN=C1Cc1ccccc1. The van der Waals surface area contributed by atoms with Crippen LogP contribution < -0.4 is 0 Å². The number of hydrogen-bond donors (Lipinski definition) is 0. The number of hydrogen-bond acceptors (Lipinski definition) is 3. The summed E-state index contributed by atoms with van der Waals surface area (Å²) in [6.07, 6.45) is 0.532. The molecule has 0 aromatic heterocycles. The van der Waals surface area contributed by atoms with Crippen molar-refractivity contribution in [1.29, 1.82) is 0 Å². The summed E-state index contributed by atoms with van der Waals surface area (Å²) in [5.74, 6) is 0.616. The molecule has 3 rings (SSSR count). The molecule has 2 aromatic carbocycles. The van der Waals surface area contributed by atoms with E-state index in [0.29, 0.717) is 30.2 Å². The van der Waals surface area contributed by atoms with Gasteiger partial charge in [0.05, 0.1) is 18.0 Å². The van der Waals surface area contributed by atoms with Gasteiger partial charge in [-0.1, -0.05) is 30.3 Å². The van der Waals surface area contributed by atoms with Crippen LogP contribution in [0.15, 0.2) is 64.5 Å². The van der Waals surface area contributed by atoms with Crippen molar-refractivity contribution in [2.45, 2.75) is 11.3 Å². The molecule has 22 heavy (non-hydrogen) atoms. The molecule has 4 nitrogen and oxygen atoms in total. The zero-order valence-electron chi connectivity index (χ0n) is 11.8. The van der Waals surface area contributed by atoms with Gasteiger partial charge in [-0.2, -0.15) is 0 Å². The Labute approximate surface area is 144 Å². The molecule has 0 aliphatic carbocycles. The number of aliphatic imine (C=N–C) groups is 1. The summed E-state index contributed by atoms with van der Waals surface area (Å²) in [5, 5.41) is 0. The molecular weight excluding hydrogens is 411 g/mol. The predicted octanol–water partition coefficient (Wildman–Crippen LogP) is 2.94. The molecule has 0 spiro atoms. The summed E-state index contributed by atoms with van der Waals surface area (Å²) in [5.41, 5.74) is 1.06. The highest BCUT2D eigenvalue weighted by molar-refractivity contribution is 14.1. The third-order valence-corrected chi connectivity index (χ3v) is 6.05. The maximum Gasteiger partial charge on any atom is 0.265 e. The summed E-state index contributed by atoms with van der Waals surface area (Å²) in [6, 6.07) is 16.7. The lowest BCUT2D eigenvalue weighted by molar-refractivity contribution is 0.535. The highest BCUT2D eigenvalue weighted by Gasteiger charge is 2.30. The number of halogens is 1. The lowest BCUT2D eigenvalue weighted by Crippen LogP contribution is -2.35. The Balaban J connectivity index is 1.87. The van der Waals surface area contributed by atoms with Crippen molar-refractivity contribution in [3.63, 3.8) is 0 Å². The zero-order valence-corrected chi connectivity index (χ0v) is 14.8. The third-order valence-electron chi connectivity index (χ3n) is 3.49. The fraction of sp³-hybridized carbons (Fsp3) is 0.188. The van der Waals surface area contributed by atoms with E-state index in [2.05, 4.69) is 27.6 Å². The van der Waals surface area contributed by atoms with E-state index < -0.39 is 10.0 Å². The number of benzene rings is 2. The Morgan fingerprint density at radius 2 is 1.73 bits per heavy atom. The minimum Gasteiger partial charge on any atom is -0.269 e. The van der Waals surface area contributed by atoms with Crippen molar-refractivity contribution in [3.8, 4) is 0 Å². The minimum atomic E-state index is -3.53. The normalized spacial score (nSPS) is 15.0. The van der Waals surface area contributed by atoms with Gasteiger partial charge < -0.3 is 0 Å². The zero-order chi connectivity index (χ0) is 15.6. The van der Waals surface area contributed by atoms with Crippen LogP contribution in [0.4, 0.5) is 0 Å². The first-order chi connectivity index (χ1) is 10.6. The molecule has 0 fully saturated rings. The summed E-state index contributed by atoms with van der Waals surface area (Å²) in [6.45, 7) is 0.933. The van der Waals surface area contributed by atoms with Crippen LogP contribution in [0.25, 0.3) is 0 Å². The Bertz CT molecular complexity index is 787. The molecule has 6 heteroatoms. The van der Waals surface area contributed by atoms with Crippen molar-refractivity contribution >= 4 is 38.4 Å². The first kappa shape index (κ1) is 15.5. The van der Waals surface area contributed by atoms with E-state index in [1.807, 2.05) is 30.3 Å². The van der Waals surface area contributed by atoms with E-state index >= 15 is 0 Å². The first-order valence-electron chi connectivity index (χ1n) is 6.93. The maximum absolute atomic E-state index is 12.8. The van der Waals surface area contributed by atoms with Gasteiger partial charge in [-0.05, 0) is 52.4 Å². The quantitative estimate of drug-likeness (QED) is 0.707. The van der Waals surface area contributed by atoms with E-state index in [1.165, 1.54) is 4.31 Å². The predicted molar refractivity (Wildman–Crippen MR) is 95.5 cm³/mol. The standard InChI is InChI=1S/C16H15IN2O2S/c17-14-6-8-15(9-7-14)22(20,21)19-11-10-18-16(19)12-13-4-2-1-3-5-13/h1-9H,10-12H2. The molecule has 0 saturated carbocycles. The molecule has 0 amide bonds. The topological polar surface area (TPSA) is 49.7 Å². The number of sulfonamides is 1. The second kappa shape index (κ2) is 6.37. The summed E-state index contributed by atoms with van der Waals surface area (Å²) >= 11 is 2.16. The molecule has 0 bridgehead atoms. The van der Waals surface area contributed by atoms with Gasteiger partial charge >= 0.3 is 0 Å². The van der Waals surface area contributed by atoms with Crippen LogP contribution in [0, 0.1) is 3.57 Å². The van der Waals surface area contributed by atoms with Crippen LogP contribution in [0.5, 0.6) is 0 Å². The summed E-state index contributed by atoms with van der Waals surface area (Å²) < 4.78 is 28.0. The van der Waals surface area contributed by atoms with Gasteiger partial charge in [-0.3, -0.25) is 9.30 Å². The molecule has 0 unspecified atom stereocenters. The lowest BCUT2D eigenvalue weighted by Gasteiger charge is -2.20. The summed E-state index contributed by atoms with van der Waals surface area (Å²) in [7, 11) is -3.53. The average molecular weight is 426 g/mol. The monoisotopic (exact) mass is 426 g/mol. The van der Waals surface area contributed by atoms with E-state index in [4.69, 9.17) is 0 Å². The third kappa shape index (κ3) is 3.17. The van der Waals surface area contributed by atoms with Gasteiger partial charge in [-0.15, -0.1) is 0 Å². The molecule has 1 aliphatic heterocycles. The van der Waals surface area contributed by atoms with Gasteiger partial charge in [0.15, 0.2) is 0 Å². The molecule has 114 valence electrons. The summed E-state index contributed by atoms with van der Waals surface area (Å²) in [4.78, 5) is 4.70. The van der Waals surface area contributed by atoms with Gasteiger partial charge in [-0.25, -0.2) is 8.42 Å². The Hall–Kier alpha value is -1.41. The van der Waals surface area contributed by atoms with Crippen molar-refractivity contribution in [3.05, 3.63) is 63.7 Å². The molecule has 2 aromatic rings. The van der Waals surface area contributed by atoms with Crippen molar-refractivity contribution < 1.29 is 8.42 Å². The molecule has 0 atom stereocenters. The largest absolute Gasteiger partial charge is 0.269 e. The number of amidine groups is 1. The molecular formula is C16H15IN2O2S. The molecule has 0 radical (unpaired) electrons. The van der Waals surface area contributed by atoms with Gasteiger partial charge in [0.1, 0.15) is 5.84 Å². The number of nitrogens with zero attached hydrogens (tertiary/aromatic N) is 2. The second-order valence-corrected chi connectivity index (χ2v) is 8.10. The fourth-order valence-corrected chi connectivity index (χ4v) is 4.21. The Morgan fingerprint density at radius 1 is 1.05 bits per heavy atom. The van der Waals surface area contributed by atoms with Gasteiger partial charge in [0.25, 0.3) is 10.0 Å². The van der Waals surface area contributed by atoms with Crippen LogP contribution in [0.1, 0.15) is 5.56 Å². The van der Waals surface area contributed by atoms with Gasteiger partial charge in [0, 0.05) is 9.99 Å². The first-order valence-corrected chi connectivity index (χ1v) is 9.45. The van der Waals surface area contributed by atoms with Crippen LogP contribution in [0.3, 0.4) is 0 Å². The lowest BCUT2D eigenvalue weighted by atomic mass is 10.1. The van der Waals surface area contributed by atoms with E-state index in [1.54, 1.807) is 24.3 Å². The molecule has 0 N–H and O–H groups in total. The Kier molecular flexibility index (Phi) is 4.49. The van der Waals surface area contributed by atoms with Crippen LogP contribution in [-0.2, 0) is 16.4 Å². The maximum atomic E-state index is 12.8. The van der Waals surface area contributed by atoms with Crippen molar-refractivity contribution in [2.24, 2.45) is 4.99 Å². The minimum absolute atomic E-state index is 0.315. The van der Waals surface area contributed by atoms with E-state index in [-0.39, 0.29) is 0 Å². The van der Waals surface area contributed by atoms with Crippen LogP contribution in [-0.4, -0.2) is 31.6 Å². The molecule has 1 aliphatic rings. The smallest absolute Gasteiger partial charge is 0.265 e. The fourth-order valence-electron chi connectivity index (χ4n) is 2.39. The van der Waals surface area contributed by atoms with Gasteiger partial charge in [0.2, 0.25) is 0 Å². The number of rotatable bonds is 4. The highest BCUT2D eigenvalue weighted by atomic mass is 127. The van der Waals surface area contributed by atoms with Crippen LogP contribution in [0.2, 0.25) is 0 Å². The average Bonchev–Trinajstić information content (AvgIpc) is 2.98. The second-order valence-electron chi connectivity index (χ2n) is 4.99. The van der Waals surface area contributed by atoms with E-state index in [0.717, 1.165) is 9.13 Å². The molecule has 0 saturated heterocycles. The van der Waals surface area contributed by atoms with Crippen molar-refractivity contribution in [1.82, 2.24) is 4.31 Å². The molecule has 1 heterocycles. The van der Waals surface area contributed by atoms with Crippen LogP contribution >= 0.6 is 22.6 Å². The highest BCUT2D eigenvalue weighted by Crippen LogP contribution is 2.21. The van der Waals surface area contributed by atoms with E-state index in [9.17, 15) is 8.42 Å².